The highest BCUT2D eigenvalue weighted by Crippen LogP contribution is 2.19. The van der Waals surface area contributed by atoms with Gasteiger partial charge in [0.25, 0.3) is 0 Å². The summed E-state index contributed by atoms with van der Waals surface area (Å²) in [6.45, 7) is 4.00. The lowest BCUT2D eigenvalue weighted by atomic mass is 10.2. The van der Waals surface area contributed by atoms with Crippen molar-refractivity contribution >= 4 is 20.7 Å². The minimum absolute atomic E-state index is 0.288. The quantitative estimate of drug-likeness (QED) is 0.766. The summed E-state index contributed by atoms with van der Waals surface area (Å²) in [4.78, 5) is 4.36. The normalized spacial score (nSPS) is 10.7. The molecule has 0 fully saturated rings. The first-order valence-corrected chi connectivity index (χ1v) is 7.02. The van der Waals surface area contributed by atoms with E-state index in [-0.39, 0.29) is 4.90 Å². The zero-order chi connectivity index (χ0) is 12.2. The second-order valence-electron chi connectivity index (χ2n) is 3.10. The largest absolute Gasteiger partial charge is 0.255 e. The van der Waals surface area contributed by atoms with Gasteiger partial charge in [-0.3, -0.25) is 4.98 Å². The van der Waals surface area contributed by atoms with Crippen molar-refractivity contribution < 1.29 is 8.42 Å². The molecule has 0 atom stereocenters. The number of rotatable bonds is 1. The first-order chi connectivity index (χ1) is 7.59. The van der Waals surface area contributed by atoms with Crippen LogP contribution in [-0.2, 0) is 9.84 Å². The number of sulfone groups is 1. The summed E-state index contributed by atoms with van der Waals surface area (Å²) >= 11 is 0. The van der Waals surface area contributed by atoms with Crippen molar-refractivity contribution in [3.8, 4) is 0 Å². The Hall–Kier alpha value is -1.42. The summed E-state index contributed by atoms with van der Waals surface area (Å²) < 4.78 is 22.8. The zero-order valence-corrected chi connectivity index (χ0v) is 10.5. The van der Waals surface area contributed by atoms with Crippen LogP contribution in [0.5, 0.6) is 0 Å². The summed E-state index contributed by atoms with van der Waals surface area (Å²) in [5.74, 6) is 0. The third-order valence-electron chi connectivity index (χ3n) is 2.00. The molecule has 0 aliphatic carbocycles. The molecule has 1 aromatic heterocycles. The van der Waals surface area contributed by atoms with Crippen LogP contribution < -0.4 is 0 Å². The molecule has 86 valence electrons. The van der Waals surface area contributed by atoms with E-state index < -0.39 is 9.84 Å². The van der Waals surface area contributed by atoms with Crippen molar-refractivity contribution in [2.24, 2.45) is 0 Å². The predicted octanol–water partition coefficient (Wildman–Crippen LogP) is 2.66. The molecule has 1 heterocycles. The lowest BCUT2D eigenvalue weighted by Crippen LogP contribution is -1.98. The fourth-order valence-corrected chi connectivity index (χ4v) is 2.22. The first-order valence-electron chi connectivity index (χ1n) is 5.13. The molecule has 2 aromatic rings. The van der Waals surface area contributed by atoms with E-state index in [0.717, 1.165) is 5.39 Å². The topological polar surface area (TPSA) is 47.0 Å². The molecule has 0 radical (unpaired) electrons. The molecule has 0 unspecified atom stereocenters. The molecule has 4 heteroatoms. The van der Waals surface area contributed by atoms with E-state index in [1.54, 1.807) is 24.4 Å². The van der Waals surface area contributed by atoms with Gasteiger partial charge in [-0.15, -0.1) is 0 Å². The maximum atomic E-state index is 11.4. The van der Waals surface area contributed by atoms with Gasteiger partial charge in [-0.2, -0.15) is 0 Å². The molecule has 3 nitrogen and oxygen atoms in total. The maximum Gasteiger partial charge on any atom is 0.177 e. The van der Waals surface area contributed by atoms with Crippen LogP contribution in [0.1, 0.15) is 13.8 Å². The van der Waals surface area contributed by atoms with E-state index in [2.05, 4.69) is 4.98 Å². The smallest absolute Gasteiger partial charge is 0.177 e. The van der Waals surface area contributed by atoms with Gasteiger partial charge in [0.15, 0.2) is 9.84 Å². The molecular weight excluding hydrogens is 222 g/mol. The number of hydrogen-bond acceptors (Lipinski definition) is 3. The molecule has 0 saturated heterocycles. The highest BCUT2D eigenvalue weighted by atomic mass is 32.2. The molecule has 0 N–H and O–H groups in total. The number of nitrogens with zero attached hydrogens (tertiary/aromatic N) is 1. The van der Waals surface area contributed by atoms with E-state index >= 15 is 0 Å². The number of hydrogen-bond donors (Lipinski definition) is 0. The molecular formula is C12H15NO2S. The van der Waals surface area contributed by atoms with Crippen molar-refractivity contribution in [1.29, 1.82) is 0 Å². The standard InChI is InChI=1S/C10H9NO2S.C2H6/c1-14(12,13)9-6-2-4-8-5-3-7-11-10(8)9;1-2/h2-7H,1H3;1-2H3. The summed E-state index contributed by atoms with van der Waals surface area (Å²) in [6.07, 6.45) is 2.79. The van der Waals surface area contributed by atoms with Crippen LogP contribution in [0.4, 0.5) is 0 Å². The maximum absolute atomic E-state index is 11.4. The van der Waals surface area contributed by atoms with Crippen LogP contribution in [0.3, 0.4) is 0 Å². The van der Waals surface area contributed by atoms with Gasteiger partial charge in [0.1, 0.15) is 0 Å². The minimum Gasteiger partial charge on any atom is -0.255 e. The van der Waals surface area contributed by atoms with Gasteiger partial charge in [0, 0.05) is 17.8 Å². The summed E-state index contributed by atoms with van der Waals surface area (Å²) in [6, 6.07) is 8.77. The van der Waals surface area contributed by atoms with E-state index in [1.165, 1.54) is 6.26 Å². The fraction of sp³-hybridized carbons (Fsp3) is 0.250. The Bertz CT molecular complexity index is 571. The molecule has 2 rings (SSSR count). The molecule has 0 aliphatic heterocycles. The fourth-order valence-electron chi connectivity index (χ4n) is 1.38. The molecule has 0 spiro atoms. The van der Waals surface area contributed by atoms with Crippen LogP contribution in [0.2, 0.25) is 0 Å². The van der Waals surface area contributed by atoms with Crippen LogP contribution >= 0.6 is 0 Å². The Kier molecular flexibility index (Phi) is 4.01. The lowest BCUT2D eigenvalue weighted by molar-refractivity contribution is 0.602. The molecule has 16 heavy (non-hydrogen) atoms. The Morgan fingerprint density at radius 2 is 1.69 bits per heavy atom. The third kappa shape index (κ3) is 2.58. The zero-order valence-electron chi connectivity index (χ0n) is 9.64. The van der Waals surface area contributed by atoms with Gasteiger partial charge >= 0.3 is 0 Å². The van der Waals surface area contributed by atoms with Crippen LogP contribution in [-0.4, -0.2) is 19.7 Å². The Morgan fingerprint density at radius 1 is 1.06 bits per heavy atom. The van der Waals surface area contributed by atoms with Crippen molar-refractivity contribution in [1.82, 2.24) is 4.98 Å². The van der Waals surface area contributed by atoms with Crippen molar-refractivity contribution in [3.63, 3.8) is 0 Å². The second kappa shape index (κ2) is 5.07. The predicted molar refractivity (Wildman–Crippen MR) is 66.2 cm³/mol. The highest BCUT2D eigenvalue weighted by molar-refractivity contribution is 7.91. The van der Waals surface area contributed by atoms with Crippen molar-refractivity contribution in [2.45, 2.75) is 18.7 Å². The van der Waals surface area contributed by atoms with E-state index in [1.807, 2.05) is 26.0 Å². The number of pyridine rings is 1. The highest BCUT2D eigenvalue weighted by Gasteiger charge is 2.11. The van der Waals surface area contributed by atoms with Gasteiger partial charge in [-0.25, -0.2) is 8.42 Å². The number of fused-ring (bicyclic) bond motifs is 1. The Labute approximate surface area is 96.1 Å². The molecule has 0 amide bonds. The summed E-state index contributed by atoms with van der Waals surface area (Å²) in [5, 5.41) is 0.843. The van der Waals surface area contributed by atoms with Crippen LogP contribution in [0, 0.1) is 0 Å². The molecule has 0 bridgehead atoms. The lowest BCUT2D eigenvalue weighted by Gasteiger charge is -2.02. The Balaban J connectivity index is 0.000000606. The van der Waals surface area contributed by atoms with Gasteiger partial charge in [0.2, 0.25) is 0 Å². The summed E-state index contributed by atoms with van der Waals surface area (Å²) in [5.41, 5.74) is 0.539. The van der Waals surface area contributed by atoms with Crippen LogP contribution in [0.15, 0.2) is 41.4 Å². The van der Waals surface area contributed by atoms with Gasteiger partial charge in [-0.1, -0.05) is 32.0 Å². The van der Waals surface area contributed by atoms with E-state index in [4.69, 9.17) is 0 Å². The Morgan fingerprint density at radius 3 is 2.31 bits per heavy atom. The number of aromatic nitrogens is 1. The first kappa shape index (κ1) is 12.6. The summed E-state index contributed by atoms with van der Waals surface area (Å²) in [7, 11) is -3.19. The van der Waals surface area contributed by atoms with Crippen molar-refractivity contribution in [2.75, 3.05) is 6.26 Å². The molecule has 0 aliphatic rings. The molecule has 1 aromatic carbocycles. The molecule has 0 saturated carbocycles. The number of benzene rings is 1. The average Bonchev–Trinajstić information content (AvgIpc) is 2.30. The minimum atomic E-state index is -3.19. The van der Waals surface area contributed by atoms with E-state index in [9.17, 15) is 8.42 Å². The SMILES string of the molecule is CC.CS(=O)(=O)c1cccc2cccnc12. The monoisotopic (exact) mass is 237 g/mol. The van der Waals surface area contributed by atoms with Gasteiger partial charge in [-0.05, 0) is 12.1 Å². The number of para-hydroxylation sites is 1. The van der Waals surface area contributed by atoms with Gasteiger partial charge in [0.05, 0.1) is 10.4 Å². The van der Waals surface area contributed by atoms with Gasteiger partial charge < -0.3 is 0 Å². The average molecular weight is 237 g/mol. The van der Waals surface area contributed by atoms with Crippen LogP contribution in [0.25, 0.3) is 10.9 Å². The third-order valence-corrected chi connectivity index (χ3v) is 3.12. The second-order valence-corrected chi connectivity index (χ2v) is 5.09. The van der Waals surface area contributed by atoms with Crippen molar-refractivity contribution in [3.05, 3.63) is 36.5 Å². The van der Waals surface area contributed by atoms with E-state index in [0.29, 0.717) is 5.52 Å².